The first-order chi connectivity index (χ1) is 6.06. The number of aromatic nitrogens is 2. The van der Waals surface area contributed by atoms with Crippen molar-refractivity contribution in [2.24, 2.45) is 0 Å². The van der Waals surface area contributed by atoms with E-state index in [2.05, 4.69) is 16.9 Å². The average molecular weight is 180 g/mol. The van der Waals surface area contributed by atoms with E-state index in [0.29, 0.717) is 11.8 Å². The lowest BCUT2D eigenvalue weighted by atomic mass is 10.2. The van der Waals surface area contributed by atoms with E-state index in [1.54, 1.807) is 0 Å². The number of anilines is 2. The standard InChI is InChI=1S/C9H16N4/c1-5-7-6(2)8(10)12-9(11-7)13(3)4/h5H2,1-4H3,(H2,10,11,12). The van der Waals surface area contributed by atoms with Gasteiger partial charge in [0.25, 0.3) is 0 Å². The first kappa shape index (κ1) is 9.77. The predicted octanol–water partition coefficient (Wildman–Crippen LogP) is 0.996. The molecule has 13 heavy (non-hydrogen) atoms. The van der Waals surface area contributed by atoms with Gasteiger partial charge in [0.15, 0.2) is 0 Å². The molecular weight excluding hydrogens is 164 g/mol. The zero-order valence-electron chi connectivity index (χ0n) is 8.63. The summed E-state index contributed by atoms with van der Waals surface area (Å²) in [5, 5.41) is 0. The maximum Gasteiger partial charge on any atom is 0.227 e. The molecule has 0 radical (unpaired) electrons. The van der Waals surface area contributed by atoms with Crippen LogP contribution >= 0.6 is 0 Å². The van der Waals surface area contributed by atoms with Gasteiger partial charge < -0.3 is 10.6 Å². The maximum atomic E-state index is 5.76. The summed E-state index contributed by atoms with van der Waals surface area (Å²) in [5.74, 6) is 1.26. The molecule has 0 saturated heterocycles. The van der Waals surface area contributed by atoms with Gasteiger partial charge in [0, 0.05) is 19.7 Å². The van der Waals surface area contributed by atoms with Crippen molar-refractivity contribution in [3.8, 4) is 0 Å². The molecular formula is C9H16N4. The monoisotopic (exact) mass is 180 g/mol. The molecule has 0 bridgehead atoms. The number of aryl methyl sites for hydroxylation is 1. The van der Waals surface area contributed by atoms with Gasteiger partial charge in [-0.15, -0.1) is 0 Å². The van der Waals surface area contributed by atoms with Gasteiger partial charge in [-0.05, 0) is 13.3 Å². The molecule has 2 N–H and O–H groups in total. The lowest BCUT2D eigenvalue weighted by Crippen LogP contribution is -2.15. The summed E-state index contributed by atoms with van der Waals surface area (Å²) in [6.45, 7) is 4.02. The van der Waals surface area contributed by atoms with Crippen LogP contribution in [-0.4, -0.2) is 24.1 Å². The van der Waals surface area contributed by atoms with Crippen molar-refractivity contribution in [2.45, 2.75) is 20.3 Å². The van der Waals surface area contributed by atoms with Crippen molar-refractivity contribution in [1.82, 2.24) is 9.97 Å². The molecule has 0 fully saturated rings. The fourth-order valence-corrected chi connectivity index (χ4v) is 1.11. The third kappa shape index (κ3) is 1.88. The zero-order chi connectivity index (χ0) is 10.0. The number of hydrogen-bond acceptors (Lipinski definition) is 4. The van der Waals surface area contributed by atoms with E-state index in [4.69, 9.17) is 5.73 Å². The highest BCUT2D eigenvalue weighted by Gasteiger charge is 2.07. The summed E-state index contributed by atoms with van der Waals surface area (Å²) in [6, 6.07) is 0. The first-order valence-electron chi connectivity index (χ1n) is 4.36. The molecule has 0 atom stereocenters. The van der Waals surface area contributed by atoms with Crippen molar-refractivity contribution < 1.29 is 0 Å². The summed E-state index contributed by atoms with van der Waals surface area (Å²) >= 11 is 0. The van der Waals surface area contributed by atoms with E-state index in [9.17, 15) is 0 Å². The highest BCUT2D eigenvalue weighted by atomic mass is 15.2. The van der Waals surface area contributed by atoms with Crippen molar-refractivity contribution in [3.05, 3.63) is 11.3 Å². The Morgan fingerprint density at radius 2 is 1.92 bits per heavy atom. The van der Waals surface area contributed by atoms with E-state index >= 15 is 0 Å². The lowest BCUT2D eigenvalue weighted by molar-refractivity contribution is 0.927. The summed E-state index contributed by atoms with van der Waals surface area (Å²) in [7, 11) is 3.81. The molecule has 0 aliphatic heterocycles. The van der Waals surface area contributed by atoms with Crippen LogP contribution in [-0.2, 0) is 6.42 Å². The normalized spacial score (nSPS) is 10.2. The Hall–Kier alpha value is -1.32. The van der Waals surface area contributed by atoms with Crippen LogP contribution in [0.25, 0.3) is 0 Å². The van der Waals surface area contributed by atoms with Crippen LogP contribution in [0.1, 0.15) is 18.2 Å². The molecule has 0 aliphatic carbocycles. The Morgan fingerprint density at radius 1 is 1.31 bits per heavy atom. The van der Waals surface area contributed by atoms with Crippen LogP contribution in [0.2, 0.25) is 0 Å². The number of nitrogens with two attached hydrogens (primary N) is 1. The van der Waals surface area contributed by atoms with Crippen LogP contribution < -0.4 is 10.6 Å². The summed E-state index contributed by atoms with van der Waals surface area (Å²) < 4.78 is 0. The first-order valence-corrected chi connectivity index (χ1v) is 4.36. The molecule has 0 spiro atoms. The summed E-state index contributed by atoms with van der Waals surface area (Å²) in [5.41, 5.74) is 7.77. The second-order valence-corrected chi connectivity index (χ2v) is 3.23. The third-order valence-electron chi connectivity index (χ3n) is 2.01. The van der Waals surface area contributed by atoms with Gasteiger partial charge in [-0.2, -0.15) is 4.98 Å². The third-order valence-corrected chi connectivity index (χ3v) is 2.01. The molecule has 1 heterocycles. The Morgan fingerprint density at radius 3 is 2.38 bits per heavy atom. The summed E-state index contributed by atoms with van der Waals surface area (Å²) in [4.78, 5) is 10.4. The molecule has 4 heteroatoms. The molecule has 0 saturated carbocycles. The van der Waals surface area contributed by atoms with Gasteiger partial charge in [-0.3, -0.25) is 0 Å². The van der Waals surface area contributed by atoms with E-state index in [-0.39, 0.29) is 0 Å². The van der Waals surface area contributed by atoms with Crippen molar-refractivity contribution in [1.29, 1.82) is 0 Å². The van der Waals surface area contributed by atoms with Crippen molar-refractivity contribution in [2.75, 3.05) is 24.7 Å². The average Bonchev–Trinajstić information content (AvgIpc) is 2.09. The number of nitrogens with zero attached hydrogens (tertiary/aromatic N) is 3. The van der Waals surface area contributed by atoms with Crippen molar-refractivity contribution >= 4 is 11.8 Å². The lowest BCUT2D eigenvalue weighted by Gasteiger charge is -2.13. The minimum atomic E-state index is 0.579. The Balaban J connectivity index is 3.22. The molecule has 1 aromatic heterocycles. The molecule has 0 aromatic carbocycles. The second kappa shape index (κ2) is 3.60. The second-order valence-electron chi connectivity index (χ2n) is 3.23. The molecule has 4 nitrogen and oxygen atoms in total. The number of hydrogen-bond donors (Lipinski definition) is 1. The number of nitrogen functional groups attached to an aromatic ring is 1. The van der Waals surface area contributed by atoms with Crippen molar-refractivity contribution in [3.63, 3.8) is 0 Å². The van der Waals surface area contributed by atoms with Crippen LogP contribution in [0.3, 0.4) is 0 Å². The van der Waals surface area contributed by atoms with E-state index in [1.807, 2.05) is 25.9 Å². The van der Waals surface area contributed by atoms with Gasteiger partial charge in [0.1, 0.15) is 5.82 Å². The van der Waals surface area contributed by atoms with Crippen LogP contribution in [0.15, 0.2) is 0 Å². The topological polar surface area (TPSA) is 55.0 Å². The molecule has 72 valence electrons. The number of rotatable bonds is 2. The van der Waals surface area contributed by atoms with Crippen LogP contribution in [0, 0.1) is 6.92 Å². The Labute approximate surface area is 78.8 Å². The Kier molecular flexibility index (Phi) is 2.70. The predicted molar refractivity (Wildman–Crippen MR) is 54.9 cm³/mol. The van der Waals surface area contributed by atoms with E-state index < -0.39 is 0 Å². The molecule has 1 aromatic rings. The molecule has 1 rings (SSSR count). The highest BCUT2D eigenvalue weighted by molar-refractivity contribution is 5.46. The highest BCUT2D eigenvalue weighted by Crippen LogP contribution is 2.16. The SMILES string of the molecule is CCc1nc(N(C)C)nc(N)c1C. The quantitative estimate of drug-likeness (QED) is 0.737. The van der Waals surface area contributed by atoms with Crippen LogP contribution in [0.5, 0.6) is 0 Å². The van der Waals surface area contributed by atoms with Crippen LogP contribution in [0.4, 0.5) is 11.8 Å². The van der Waals surface area contributed by atoms with E-state index in [0.717, 1.165) is 17.7 Å². The Bertz CT molecular complexity index is 307. The largest absolute Gasteiger partial charge is 0.383 e. The minimum absolute atomic E-state index is 0.579. The van der Waals surface area contributed by atoms with Gasteiger partial charge in [0.05, 0.1) is 5.69 Å². The van der Waals surface area contributed by atoms with Gasteiger partial charge in [0.2, 0.25) is 5.95 Å². The van der Waals surface area contributed by atoms with Gasteiger partial charge in [-0.25, -0.2) is 4.98 Å². The summed E-state index contributed by atoms with van der Waals surface area (Å²) in [6.07, 6.45) is 0.888. The smallest absolute Gasteiger partial charge is 0.227 e. The van der Waals surface area contributed by atoms with Gasteiger partial charge in [-0.1, -0.05) is 6.92 Å². The minimum Gasteiger partial charge on any atom is -0.383 e. The zero-order valence-corrected chi connectivity index (χ0v) is 8.63. The fraction of sp³-hybridized carbons (Fsp3) is 0.556. The van der Waals surface area contributed by atoms with E-state index in [1.165, 1.54) is 0 Å². The molecule has 0 aliphatic rings. The maximum absolute atomic E-state index is 5.76. The van der Waals surface area contributed by atoms with Gasteiger partial charge >= 0.3 is 0 Å². The fourth-order valence-electron chi connectivity index (χ4n) is 1.11. The molecule has 0 unspecified atom stereocenters. The molecule has 0 amide bonds.